The van der Waals surface area contributed by atoms with Crippen molar-refractivity contribution in [3.63, 3.8) is 0 Å². The molecule has 0 unspecified atom stereocenters. The molecule has 4 heteroatoms. The minimum absolute atomic E-state index is 0.613. The summed E-state index contributed by atoms with van der Waals surface area (Å²) in [4.78, 5) is 7.18. The summed E-state index contributed by atoms with van der Waals surface area (Å²) in [6, 6.07) is 1.89. The highest BCUT2D eigenvalue weighted by Gasteiger charge is 2.22. The lowest BCUT2D eigenvalue weighted by Crippen LogP contribution is -2.39. The molecule has 0 atom stereocenters. The first-order chi connectivity index (χ1) is 9.04. The van der Waals surface area contributed by atoms with E-state index < -0.39 is 0 Å². The molecule has 0 aromatic carbocycles. The average Bonchev–Trinajstić information content (AvgIpc) is 3.11. The standard InChI is InChI=1S/C15H32N4/c1-6-16-15(18-14-8-9-14)17-10-7-11-19(12(2)3)13(4)5/h12-14H,6-11H2,1-5H3,(H2,16,17,18). The van der Waals surface area contributed by atoms with Gasteiger partial charge in [-0.2, -0.15) is 0 Å². The highest BCUT2D eigenvalue weighted by atomic mass is 15.2. The minimum atomic E-state index is 0.613. The SMILES string of the molecule is CCNC(=NCCCN(C(C)C)C(C)C)NC1CC1. The van der Waals surface area contributed by atoms with Crippen LogP contribution in [0.15, 0.2) is 4.99 Å². The fraction of sp³-hybridized carbons (Fsp3) is 0.933. The van der Waals surface area contributed by atoms with E-state index in [1.165, 1.54) is 12.8 Å². The third-order valence-corrected chi connectivity index (χ3v) is 3.43. The molecule has 1 fully saturated rings. The lowest BCUT2D eigenvalue weighted by molar-refractivity contribution is 0.174. The largest absolute Gasteiger partial charge is 0.357 e. The Bertz CT molecular complexity index is 261. The monoisotopic (exact) mass is 268 g/mol. The van der Waals surface area contributed by atoms with E-state index in [0.717, 1.165) is 32.0 Å². The van der Waals surface area contributed by atoms with Gasteiger partial charge >= 0.3 is 0 Å². The summed E-state index contributed by atoms with van der Waals surface area (Å²) < 4.78 is 0. The van der Waals surface area contributed by atoms with Crippen LogP contribution in [0, 0.1) is 0 Å². The number of guanidine groups is 1. The van der Waals surface area contributed by atoms with E-state index in [4.69, 9.17) is 0 Å². The fourth-order valence-corrected chi connectivity index (χ4v) is 2.30. The van der Waals surface area contributed by atoms with Crippen LogP contribution in [0.5, 0.6) is 0 Å². The summed E-state index contributed by atoms with van der Waals surface area (Å²) in [7, 11) is 0. The molecule has 1 aliphatic rings. The van der Waals surface area contributed by atoms with E-state index in [1.54, 1.807) is 0 Å². The van der Waals surface area contributed by atoms with E-state index in [0.29, 0.717) is 18.1 Å². The maximum atomic E-state index is 4.65. The first kappa shape index (κ1) is 16.3. The second kappa shape index (κ2) is 8.41. The second-order valence-electron chi connectivity index (χ2n) is 5.96. The number of hydrogen-bond acceptors (Lipinski definition) is 2. The molecule has 4 nitrogen and oxygen atoms in total. The van der Waals surface area contributed by atoms with Crippen molar-refractivity contribution in [1.82, 2.24) is 15.5 Å². The Morgan fingerprint density at radius 1 is 1.21 bits per heavy atom. The van der Waals surface area contributed by atoms with Crippen molar-refractivity contribution in [2.24, 2.45) is 4.99 Å². The quantitative estimate of drug-likeness (QED) is 0.403. The molecule has 1 aliphatic carbocycles. The molecular weight excluding hydrogens is 236 g/mol. The van der Waals surface area contributed by atoms with Gasteiger partial charge in [0.1, 0.15) is 0 Å². The molecule has 19 heavy (non-hydrogen) atoms. The van der Waals surface area contributed by atoms with Crippen LogP contribution in [0.1, 0.15) is 53.9 Å². The molecule has 0 bridgehead atoms. The van der Waals surface area contributed by atoms with Gasteiger partial charge in [-0.25, -0.2) is 0 Å². The zero-order chi connectivity index (χ0) is 14.3. The van der Waals surface area contributed by atoms with Crippen LogP contribution in [-0.4, -0.2) is 48.6 Å². The number of hydrogen-bond donors (Lipinski definition) is 2. The smallest absolute Gasteiger partial charge is 0.191 e. The third kappa shape index (κ3) is 6.81. The summed E-state index contributed by atoms with van der Waals surface area (Å²) in [5.41, 5.74) is 0. The predicted molar refractivity (Wildman–Crippen MR) is 83.7 cm³/mol. The van der Waals surface area contributed by atoms with Gasteiger partial charge in [-0.05, 0) is 53.9 Å². The minimum Gasteiger partial charge on any atom is -0.357 e. The van der Waals surface area contributed by atoms with Gasteiger partial charge < -0.3 is 10.6 Å². The van der Waals surface area contributed by atoms with Crippen LogP contribution in [0.3, 0.4) is 0 Å². The number of nitrogens with zero attached hydrogens (tertiary/aromatic N) is 2. The summed E-state index contributed by atoms with van der Waals surface area (Å²) in [6.07, 6.45) is 3.70. The maximum Gasteiger partial charge on any atom is 0.191 e. The molecule has 0 saturated heterocycles. The van der Waals surface area contributed by atoms with E-state index in [2.05, 4.69) is 55.1 Å². The molecule has 0 radical (unpaired) electrons. The number of rotatable bonds is 8. The van der Waals surface area contributed by atoms with E-state index in [-0.39, 0.29) is 0 Å². The van der Waals surface area contributed by atoms with Crippen molar-refractivity contribution >= 4 is 5.96 Å². The van der Waals surface area contributed by atoms with Crippen molar-refractivity contribution in [2.45, 2.75) is 72.0 Å². The maximum absolute atomic E-state index is 4.65. The topological polar surface area (TPSA) is 39.7 Å². The van der Waals surface area contributed by atoms with Gasteiger partial charge in [-0.1, -0.05) is 0 Å². The molecule has 0 heterocycles. The van der Waals surface area contributed by atoms with Crippen LogP contribution in [-0.2, 0) is 0 Å². The Balaban J connectivity index is 2.28. The normalized spacial score (nSPS) is 16.5. The Labute approximate surface area is 119 Å². The Morgan fingerprint density at radius 3 is 2.32 bits per heavy atom. The molecule has 1 saturated carbocycles. The van der Waals surface area contributed by atoms with Crippen molar-refractivity contribution < 1.29 is 0 Å². The molecular formula is C15H32N4. The molecule has 0 aromatic heterocycles. The summed E-state index contributed by atoms with van der Waals surface area (Å²) in [6.45, 7) is 14.1. The van der Waals surface area contributed by atoms with E-state index in [9.17, 15) is 0 Å². The number of nitrogens with one attached hydrogen (secondary N) is 2. The van der Waals surface area contributed by atoms with Crippen molar-refractivity contribution in [3.8, 4) is 0 Å². The van der Waals surface area contributed by atoms with Crippen LogP contribution in [0.4, 0.5) is 0 Å². The highest BCUT2D eigenvalue weighted by Crippen LogP contribution is 2.18. The Morgan fingerprint density at radius 2 is 1.84 bits per heavy atom. The van der Waals surface area contributed by atoms with Gasteiger partial charge in [0.05, 0.1) is 0 Å². The van der Waals surface area contributed by atoms with Crippen LogP contribution < -0.4 is 10.6 Å². The lowest BCUT2D eigenvalue weighted by atomic mass is 10.2. The van der Waals surface area contributed by atoms with Crippen LogP contribution >= 0.6 is 0 Å². The Hall–Kier alpha value is -0.770. The molecule has 0 amide bonds. The first-order valence-electron chi connectivity index (χ1n) is 7.85. The van der Waals surface area contributed by atoms with Gasteiger partial charge in [0.15, 0.2) is 5.96 Å². The first-order valence-corrected chi connectivity index (χ1v) is 7.85. The molecule has 2 N–H and O–H groups in total. The molecule has 0 aliphatic heterocycles. The van der Waals surface area contributed by atoms with Crippen molar-refractivity contribution in [3.05, 3.63) is 0 Å². The summed E-state index contributed by atoms with van der Waals surface area (Å²) in [5.74, 6) is 0.991. The lowest BCUT2D eigenvalue weighted by Gasteiger charge is -2.30. The molecule has 112 valence electrons. The van der Waals surface area contributed by atoms with Crippen molar-refractivity contribution in [2.75, 3.05) is 19.6 Å². The summed E-state index contributed by atoms with van der Waals surface area (Å²) >= 11 is 0. The third-order valence-electron chi connectivity index (χ3n) is 3.43. The molecule has 0 spiro atoms. The van der Waals surface area contributed by atoms with Gasteiger partial charge in [0.2, 0.25) is 0 Å². The number of aliphatic imine (C=N–C) groups is 1. The van der Waals surface area contributed by atoms with Gasteiger partial charge in [-0.3, -0.25) is 9.89 Å². The fourth-order valence-electron chi connectivity index (χ4n) is 2.30. The average molecular weight is 268 g/mol. The zero-order valence-electron chi connectivity index (χ0n) is 13.4. The van der Waals surface area contributed by atoms with Crippen LogP contribution in [0.25, 0.3) is 0 Å². The predicted octanol–water partition coefficient (Wildman–Crippen LogP) is 2.21. The molecule has 1 rings (SSSR count). The van der Waals surface area contributed by atoms with Gasteiger partial charge in [-0.15, -0.1) is 0 Å². The van der Waals surface area contributed by atoms with Crippen molar-refractivity contribution in [1.29, 1.82) is 0 Å². The zero-order valence-corrected chi connectivity index (χ0v) is 13.4. The second-order valence-corrected chi connectivity index (χ2v) is 5.96. The van der Waals surface area contributed by atoms with E-state index in [1.807, 2.05) is 0 Å². The Kier molecular flexibility index (Phi) is 7.21. The van der Waals surface area contributed by atoms with Crippen LogP contribution in [0.2, 0.25) is 0 Å². The van der Waals surface area contributed by atoms with Gasteiger partial charge in [0.25, 0.3) is 0 Å². The van der Waals surface area contributed by atoms with E-state index >= 15 is 0 Å². The summed E-state index contributed by atoms with van der Waals surface area (Å²) in [5, 5.41) is 6.76. The van der Waals surface area contributed by atoms with Gasteiger partial charge in [0, 0.05) is 37.8 Å². The highest BCUT2D eigenvalue weighted by molar-refractivity contribution is 5.80. The molecule has 0 aromatic rings.